The average molecular weight is 285 g/mol. The number of anilines is 1. The van der Waals surface area contributed by atoms with Crippen LogP contribution < -0.4 is 5.73 Å². The second kappa shape index (κ2) is 6.41. The summed E-state index contributed by atoms with van der Waals surface area (Å²) in [6.07, 6.45) is 2.73. The molecule has 2 N–H and O–H groups in total. The minimum Gasteiger partial charge on any atom is -0.383 e. The second-order valence-electron chi connectivity index (χ2n) is 5.69. The fourth-order valence-corrected chi connectivity index (χ4v) is 2.92. The molecule has 2 heterocycles. The smallest absolute Gasteiger partial charge is 0.128 e. The highest BCUT2D eigenvalue weighted by Gasteiger charge is 2.19. The normalized spacial score (nSPS) is 18.7. The number of pyridine rings is 1. The van der Waals surface area contributed by atoms with E-state index in [-0.39, 0.29) is 0 Å². The molecule has 1 aromatic carbocycles. The lowest BCUT2D eigenvalue weighted by atomic mass is 10.1. The summed E-state index contributed by atoms with van der Waals surface area (Å²) < 4.78 is 5.73. The van der Waals surface area contributed by atoms with E-state index in [0.717, 1.165) is 42.7 Å². The van der Waals surface area contributed by atoms with Gasteiger partial charge in [-0.15, -0.1) is 0 Å². The molecule has 0 radical (unpaired) electrons. The molecule has 1 aromatic heterocycles. The molecule has 2 aromatic rings. The molecule has 4 nitrogen and oxygen atoms in total. The molecule has 1 unspecified atom stereocenters. The number of nitrogens with two attached hydrogens (primary N) is 1. The number of hydrogen-bond donors (Lipinski definition) is 1. The zero-order valence-corrected chi connectivity index (χ0v) is 12.6. The summed E-state index contributed by atoms with van der Waals surface area (Å²) in [7, 11) is 0. The highest BCUT2D eigenvalue weighted by molar-refractivity contribution is 5.81. The van der Waals surface area contributed by atoms with Gasteiger partial charge in [-0.1, -0.05) is 25.1 Å². The maximum atomic E-state index is 6.13. The molecular formula is C17H23N3O. The van der Waals surface area contributed by atoms with E-state index in [2.05, 4.69) is 28.9 Å². The van der Waals surface area contributed by atoms with Crippen molar-refractivity contribution in [3.63, 3.8) is 0 Å². The first-order valence-corrected chi connectivity index (χ1v) is 7.74. The van der Waals surface area contributed by atoms with Gasteiger partial charge in [0.1, 0.15) is 5.82 Å². The Morgan fingerprint density at radius 3 is 3.00 bits per heavy atom. The van der Waals surface area contributed by atoms with Crippen molar-refractivity contribution in [1.82, 2.24) is 9.88 Å². The number of benzene rings is 1. The summed E-state index contributed by atoms with van der Waals surface area (Å²) in [6, 6.07) is 10.3. The molecule has 0 saturated carbocycles. The van der Waals surface area contributed by atoms with Crippen LogP contribution >= 0.6 is 0 Å². The quantitative estimate of drug-likeness (QED) is 0.918. The number of aromatic nitrogens is 1. The van der Waals surface area contributed by atoms with Crippen molar-refractivity contribution in [3.8, 4) is 0 Å². The van der Waals surface area contributed by atoms with Gasteiger partial charge in [0.05, 0.1) is 11.6 Å². The molecule has 112 valence electrons. The SMILES string of the molecule is CCN(Cc1cc2ccccc2nc1N)CC1CCCO1. The number of ether oxygens (including phenoxy) is 1. The zero-order valence-electron chi connectivity index (χ0n) is 12.6. The average Bonchev–Trinajstić information content (AvgIpc) is 3.00. The Morgan fingerprint density at radius 2 is 2.24 bits per heavy atom. The molecule has 1 fully saturated rings. The fourth-order valence-electron chi connectivity index (χ4n) is 2.92. The van der Waals surface area contributed by atoms with E-state index in [9.17, 15) is 0 Å². The molecule has 0 bridgehead atoms. The molecule has 0 aliphatic carbocycles. The highest BCUT2D eigenvalue weighted by atomic mass is 16.5. The molecule has 1 atom stereocenters. The molecule has 4 heteroatoms. The molecule has 1 aliphatic rings. The van der Waals surface area contributed by atoms with E-state index in [1.165, 1.54) is 12.8 Å². The number of para-hydroxylation sites is 1. The first-order chi connectivity index (χ1) is 10.3. The number of nitrogens with zero attached hydrogens (tertiary/aromatic N) is 2. The predicted molar refractivity (Wildman–Crippen MR) is 86.1 cm³/mol. The topological polar surface area (TPSA) is 51.4 Å². The van der Waals surface area contributed by atoms with Gasteiger partial charge in [0.25, 0.3) is 0 Å². The minimum absolute atomic E-state index is 0.375. The third-order valence-corrected chi connectivity index (χ3v) is 4.16. The van der Waals surface area contributed by atoms with E-state index in [0.29, 0.717) is 11.9 Å². The van der Waals surface area contributed by atoms with E-state index in [4.69, 9.17) is 10.5 Å². The molecule has 21 heavy (non-hydrogen) atoms. The van der Waals surface area contributed by atoms with Crippen molar-refractivity contribution in [1.29, 1.82) is 0 Å². The lowest BCUT2D eigenvalue weighted by Gasteiger charge is -2.24. The fraction of sp³-hybridized carbons (Fsp3) is 0.471. The molecule has 3 rings (SSSR count). The minimum atomic E-state index is 0.375. The Morgan fingerprint density at radius 1 is 1.38 bits per heavy atom. The number of fused-ring (bicyclic) bond motifs is 1. The summed E-state index contributed by atoms with van der Waals surface area (Å²) in [5, 5.41) is 1.15. The Kier molecular flexibility index (Phi) is 4.36. The zero-order chi connectivity index (χ0) is 14.7. The van der Waals surface area contributed by atoms with Crippen LogP contribution in [0.2, 0.25) is 0 Å². The maximum absolute atomic E-state index is 6.13. The van der Waals surface area contributed by atoms with Gasteiger partial charge < -0.3 is 10.5 Å². The maximum Gasteiger partial charge on any atom is 0.128 e. The molecule has 1 saturated heterocycles. The number of hydrogen-bond acceptors (Lipinski definition) is 4. The van der Waals surface area contributed by atoms with Gasteiger partial charge in [-0.2, -0.15) is 0 Å². The van der Waals surface area contributed by atoms with Crippen LogP contribution in [0.4, 0.5) is 5.82 Å². The number of likely N-dealkylation sites (N-methyl/N-ethyl adjacent to an activating group) is 1. The van der Waals surface area contributed by atoms with Gasteiger partial charge in [0.15, 0.2) is 0 Å². The molecule has 1 aliphatic heterocycles. The van der Waals surface area contributed by atoms with E-state index in [1.54, 1.807) is 0 Å². The standard InChI is InChI=1S/C17H23N3O/c1-2-20(12-15-7-5-9-21-15)11-14-10-13-6-3-4-8-16(13)19-17(14)18/h3-4,6,8,10,15H,2,5,7,9,11-12H2,1H3,(H2,18,19). The summed E-state index contributed by atoms with van der Waals surface area (Å²) in [4.78, 5) is 6.90. The van der Waals surface area contributed by atoms with Crippen molar-refractivity contribution in [2.75, 3.05) is 25.4 Å². The third kappa shape index (κ3) is 3.34. The van der Waals surface area contributed by atoms with Crippen molar-refractivity contribution in [3.05, 3.63) is 35.9 Å². The van der Waals surface area contributed by atoms with Gasteiger partial charge in [0, 0.05) is 30.6 Å². The van der Waals surface area contributed by atoms with Crippen molar-refractivity contribution in [2.45, 2.75) is 32.4 Å². The molecular weight excluding hydrogens is 262 g/mol. The van der Waals surface area contributed by atoms with Crippen LogP contribution in [-0.2, 0) is 11.3 Å². The van der Waals surface area contributed by atoms with Crippen LogP contribution in [0.3, 0.4) is 0 Å². The number of nitrogen functional groups attached to an aromatic ring is 1. The summed E-state index contributed by atoms with van der Waals surface area (Å²) >= 11 is 0. The second-order valence-corrected chi connectivity index (χ2v) is 5.69. The summed E-state index contributed by atoms with van der Waals surface area (Å²) in [5.41, 5.74) is 8.19. The van der Waals surface area contributed by atoms with Crippen LogP contribution in [0.5, 0.6) is 0 Å². The Labute approximate surface area is 125 Å². The summed E-state index contributed by atoms with van der Waals surface area (Å²) in [5.74, 6) is 0.638. The van der Waals surface area contributed by atoms with Gasteiger partial charge >= 0.3 is 0 Å². The third-order valence-electron chi connectivity index (χ3n) is 4.16. The van der Waals surface area contributed by atoms with Gasteiger partial charge in [-0.05, 0) is 31.5 Å². The van der Waals surface area contributed by atoms with Crippen molar-refractivity contribution >= 4 is 16.7 Å². The van der Waals surface area contributed by atoms with Crippen LogP contribution in [0.1, 0.15) is 25.3 Å². The van der Waals surface area contributed by atoms with E-state index >= 15 is 0 Å². The van der Waals surface area contributed by atoms with Crippen molar-refractivity contribution in [2.24, 2.45) is 0 Å². The van der Waals surface area contributed by atoms with Gasteiger partial charge in [-0.25, -0.2) is 4.98 Å². The highest BCUT2D eigenvalue weighted by Crippen LogP contribution is 2.21. The molecule has 0 spiro atoms. The first-order valence-electron chi connectivity index (χ1n) is 7.74. The van der Waals surface area contributed by atoms with Crippen LogP contribution in [0.25, 0.3) is 10.9 Å². The molecule has 0 amide bonds. The van der Waals surface area contributed by atoms with Crippen LogP contribution in [0.15, 0.2) is 30.3 Å². The lowest BCUT2D eigenvalue weighted by Crippen LogP contribution is -2.32. The summed E-state index contributed by atoms with van der Waals surface area (Å²) in [6.45, 7) is 5.89. The van der Waals surface area contributed by atoms with Gasteiger partial charge in [0.2, 0.25) is 0 Å². The van der Waals surface area contributed by atoms with E-state index < -0.39 is 0 Å². The number of rotatable bonds is 5. The largest absolute Gasteiger partial charge is 0.383 e. The van der Waals surface area contributed by atoms with Gasteiger partial charge in [-0.3, -0.25) is 4.90 Å². The van der Waals surface area contributed by atoms with E-state index in [1.807, 2.05) is 18.2 Å². The monoisotopic (exact) mass is 285 g/mol. The first kappa shape index (κ1) is 14.3. The Hall–Kier alpha value is -1.65. The van der Waals surface area contributed by atoms with Crippen molar-refractivity contribution < 1.29 is 4.74 Å². The Bertz CT molecular complexity index is 608. The Balaban J connectivity index is 1.77. The van der Waals surface area contributed by atoms with Crippen LogP contribution in [-0.4, -0.2) is 35.7 Å². The predicted octanol–water partition coefficient (Wildman–Crippen LogP) is 2.82. The lowest BCUT2D eigenvalue weighted by molar-refractivity contribution is 0.0725. The van der Waals surface area contributed by atoms with Crippen LogP contribution in [0, 0.1) is 0 Å².